The van der Waals surface area contributed by atoms with Crippen molar-refractivity contribution in [1.82, 2.24) is 14.8 Å². The summed E-state index contributed by atoms with van der Waals surface area (Å²) in [6, 6.07) is 14.8. The lowest BCUT2D eigenvalue weighted by molar-refractivity contribution is 0.0968. The van der Waals surface area contributed by atoms with Crippen molar-refractivity contribution in [3.05, 3.63) is 82.0 Å². The number of fused-ring (bicyclic) bond motifs is 1. The summed E-state index contributed by atoms with van der Waals surface area (Å²) in [6.45, 7) is 2.06. The van der Waals surface area contributed by atoms with Gasteiger partial charge in [0.1, 0.15) is 11.5 Å². The van der Waals surface area contributed by atoms with Gasteiger partial charge in [0, 0.05) is 18.9 Å². The maximum atomic E-state index is 14.3. The molecule has 4 aromatic rings. The summed E-state index contributed by atoms with van der Waals surface area (Å²) in [5.74, 6) is -1.13. The van der Waals surface area contributed by atoms with E-state index in [-0.39, 0.29) is 24.5 Å². The van der Waals surface area contributed by atoms with E-state index in [1.807, 2.05) is 24.3 Å². The first-order valence-corrected chi connectivity index (χ1v) is 10.3. The van der Waals surface area contributed by atoms with Crippen LogP contribution in [0.4, 0.5) is 9.52 Å². The molecule has 0 radical (unpaired) electrons. The van der Waals surface area contributed by atoms with E-state index in [9.17, 15) is 14.0 Å². The highest BCUT2D eigenvalue weighted by atomic mass is 32.1. The number of para-hydroxylation sites is 2. The molecule has 0 unspecified atom stereocenters. The average molecular weight is 438 g/mol. The van der Waals surface area contributed by atoms with Crippen LogP contribution in [0.3, 0.4) is 0 Å². The van der Waals surface area contributed by atoms with Gasteiger partial charge < -0.3 is 4.74 Å². The maximum Gasteiger partial charge on any atom is 0.284 e. The molecule has 158 valence electrons. The van der Waals surface area contributed by atoms with E-state index in [2.05, 4.69) is 10.1 Å². The highest BCUT2D eigenvalue weighted by Gasteiger charge is 2.26. The minimum Gasteiger partial charge on any atom is -0.383 e. The van der Waals surface area contributed by atoms with Crippen LogP contribution < -0.4 is 10.3 Å². The normalized spacial score (nSPS) is 11.1. The second-order valence-corrected chi connectivity index (χ2v) is 7.78. The highest BCUT2D eigenvalue weighted by molar-refractivity contribution is 7.22. The molecule has 0 atom stereocenters. The van der Waals surface area contributed by atoms with Gasteiger partial charge in [-0.15, -0.1) is 0 Å². The summed E-state index contributed by atoms with van der Waals surface area (Å²) in [4.78, 5) is 32.0. The van der Waals surface area contributed by atoms with Gasteiger partial charge in [0.2, 0.25) is 5.43 Å². The molecule has 0 N–H and O–H groups in total. The Morgan fingerprint density at radius 2 is 1.94 bits per heavy atom. The van der Waals surface area contributed by atoms with E-state index in [4.69, 9.17) is 4.74 Å². The fraction of sp³-hybridized carbons (Fsp3) is 0.182. The number of hydrogen-bond donors (Lipinski definition) is 0. The Hall–Kier alpha value is -3.43. The summed E-state index contributed by atoms with van der Waals surface area (Å²) < 4.78 is 21.7. The molecule has 2 heterocycles. The van der Waals surface area contributed by atoms with Gasteiger partial charge in [0.05, 0.1) is 23.4 Å². The molecule has 0 saturated heterocycles. The summed E-state index contributed by atoms with van der Waals surface area (Å²) in [6.07, 6.45) is 0. The van der Waals surface area contributed by atoms with Crippen LogP contribution in [0, 0.1) is 12.7 Å². The van der Waals surface area contributed by atoms with Crippen LogP contribution in [0.15, 0.2) is 59.4 Å². The number of carbonyl (C=O) groups is 1. The van der Waals surface area contributed by atoms with Crippen molar-refractivity contribution in [2.75, 3.05) is 25.2 Å². The third-order valence-electron chi connectivity index (χ3n) is 4.67. The van der Waals surface area contributed by atoms with E-state index in [0.717, 1.165) is 10.2 Å². The van der Waals surface area contributed by atoms with Crippen molar-refractivity contribution >= 4 is 32.6 Å². The van der Waals surface area contributed by atoms with E-state index < -0.39 is 17.2 Å². The topological polar surface area (TPSA) is 77.3 Å². The van der Waals surface area contributed by atoms with Crippen LogP contribution in [0.2, 0.25) is 0 Å². The molecule has 0 fully saturated rings. The number of aryl methyl sites for hydroxylation is 1. The molecule has 31 heavy (non-hydrogen) atoms. The summed E-state index contributed by atoms with van der Waals surface area (Å²) in [5.41, 5.74) is 0.453. The standard InChI is InChI=1S/C22H19FN4O3S/c1-14-13-18(28)20(25-27(14)17-9-5-3-7-15(17)23)21(29)26(11-12-30-2)22-24-16-8-4-6-10-19(16)31-22/h3-10,13H,11-12H2,1-2H3. The van der Waals surface area contributed by atoms with E-state index in [1.165, 1.54) is 46.2 Å². The molecule has 0 aliphatic heterocycles. The SMILES string of the molecule is COCCN(C(=O)c1nn(-c2ccccc2F)c(C)cc1=O)c1nc2ccccc2s1. The lowest BCUT2D eigenvalue weighted by Gasteiger charge is -2.19. The predicted octanol–water partition coefficient (Wildman–Crippen LogP) is 3.58. The van der Waals surface area contributed by atoms with Gasteiger partial charge in [0.25, 0.3) is 5.91 Å². The average Bonchev–Trinajstić information content (AvgIpc) is 3.18. The van der Waals surface area contributed by atoms with E-state index in [1.54, 1.807) is 19.1 Å². The molecule has 9 heteroatoms. The third kappa shape index (κ3) is 4.10. The molecular formula is C22H19FN4O3S. The Labute approximate surface area is 181 Å². The number of thiazole rings is 1. The number of methoxy groups -OCH3 is 1. The summed E-state index contributed by atoms with van der Waals surface area (Å²) in [5, 5.41) is 4.65. The van der Waals surface area contributed by atoms with Gasteiger partial charge >= 0.3 is 0 Å². The molecule has 7 nitrogen and oxygen atoms in total. The number of benzene rings is 2. The van der Waals surface area contributed by atoms with Crippen LogP contribution in [-0.4, -0.2) is 40.9 Å². The Morgan fingerprint density at radius 1 is 1.19 bits per heavy atom. The van der Waals surface area contributed by atoms with Crippen molar-refractivity contribution in [3.63, 3.8) is 0 Å². The molecule has 0 spiro atoms. The zero-order chi connectivity index (χ0) is 22.0. The first-order valence-electron chi connectivity index (χ1n) is 9.52. The highest BCUT2D eigenvalue weighted by Crippen LogP contribution is 2.29. The van der Waals surface area contributed by atoms with Crippen LogP contribution in [0.1, 0.15) is 16.2 Å². The van der Waals surface area contributed by atoms with E-state index in [0.29, 0.717) is 10.8 Å². The first-order chi connectivity index (χ1) is 15.0. The van der Waals surface area contributed by atoms with Gasteiger partial charge in [-0.3, -0.25) is 14.5 Å². The van der Waals surface area contributed by atoms with Crippen LogP contribution in [0.5, 0.6) is 0 Å². The fourth-order valence-corrected chi connectivity index (χ4v) is 4.12. The quantitative estimate of drug-likeness (QED) is 0.460. The zero-order valence-electron chi connectivity index (χ0n) is 16.9. The largest absolute Gasteiger partial charge is 0.383 e. The smallest absolute Gasteiger partial charge is 0.284 e. The minimum absolute atomic E-state index is 0.150. The number of rotatable bonds is 6. The molecule has 1 amide bonds. The number of carbonyl (C=O) groups excluding carboxylic acids is 1. The molecule has 0 aliphatic rings. The van der Waals surface area contributed by atoms with Crippen LogP contribution >= 0.6 is 11.3 Å². The monoisotopic (exact) mass is 438 g/mol. The third-order valence-corrected chi connectivity index (χ3v) is 5.73. The van der Waals surface area contributed by atoms with Gasteiger partial charge in [-0.05, 0) is 31.2 Å². The van der Waals surface area contributed by atoms with Gasteiger partial charge in [-0.1, -0.05) is 35.6 Å². The number of nitrogens with zero attached hydrogens (tertiary/aromatic N) is 4. The van der Waals surface area contributed by atoms with Crippen molar-refractivity contribution < 1.29 is 13.9 Å². The van der Waals surface area contributed by atoms with E-state index >= 15 is 0 Å². The van der Waals surface area contributed by atoms with Crippen molar-refractivity contribution in [3.8, 4) is 5.69 Å². The second-order valence-electron chi connectivity index (χ2n) is 6.78. The number of amides is 1. The van der Waals surface area contributed by atoms with Gasteiger partial charge in [0.15, 0.2) is 10.8 Å². The van der Waals surface area contributed by atoms with Gasteiger partial charge in [-0.2, -0.15) is 5.10 Å². The number of hydrogen-bond acceptors (Lipinski definition) is 6. The number of anilines is 1. The molecular weight excluding hydrogens is 419 g/mol. The molecule has 0 bridgehead atoms. The Morgan fingerprint density at radius 3 is 2.68 bits per heavy atom. The minimum atomic E-state index is -0.619. The number of aromatic nitrogens is 3. The summed E-state index contributed by atoms with van der Waals surface area (Å²) in [7, 11) is 1.52. The molecule has 4 rings (SSSR count). The zero-order valence-corrected chi connectivity index (χ0v) is 17.7. The fourth-order valence-electron chi connectivity index (χ4n) is 3.13. The van der Waals surface area contributed by atoms with Crippen LogP contribution in [-0.2, 0) is 4.74 Å². The Balaban J connectivity index is 1.80. The van der Waals surface area contributed by atoms with Crippen molar-refractivity contribution in [2.45, 2.75) is 6.92 Å². The number of halogens is 1. The van der Waals surface area contributed by atoms with Crippen molar-refractivity contribution in [1.29, 1.82) is 0 Å². The maximum absolute atomic E-state index is 14.3. The second kappa shape index (κ2) is 8.75. The molecule has 2 aromatic heterocycles. The predicted molar refractivity (Wildman–Crippen MR) is 118 cm³/mol. The molecule has 0 saturated carbocycles. The van der Waals surface area contributed by atoms with Crippen LogP contribution in [0.25, 0.3) is 15.9 Å². The van der Waals surface area contributed by atoms with Gasteiger partial charge in [-0.25, -0.2) is 14.1 Å². The van der Waals surface area contributed by atoms with Crippen molar-refractivity contribution in [2.24, 2.45) is 0 Å². The first kappa shape index (κ1) is 20.8. The Bertz CT molecular complexity index is 1280. The molecule has 0 aliphatic carbocycles. The Kier molecular flexibility index (Phi) is 5.88. The number of ether oxygens (including phenoxy) is 1. The molecule has 2 aromatic carbocycles. The lowest BCUT2D eigenvalue weighted by atomic mass is 10.2. The lowest BCUT2D eigenvalue weighted by Crippen LogP contribution is -2.38. The summed E-state index contributed by atoms with van der Waals surface area (Å²) >= 11 is 1.33.